The zero-order valence-corrected chi connectivity index (χ0v) is 11.3. The number of rotatable bonds is 4. The second-order valence-electron chi connectivity index (χ2n) is 3.88. The van der Waals surface area contributed by atoms with E-state index in [1.807, 2.05) is 36.4 Å². The number of ether oxygens (including phenoxy) is 1. The molecule has 0 bridgehead atoms. The van der Waals surface area contributed by atoms with Crippen LogP contribution in [0.15, 0.2) is 60.7 Å². The number of halogens is 1. The minimum atomic E-state index is 0.0265. The summed E-state index contributed by atoms with van der Waals surface area (Å²) in [6.45, 7) is 0. The summed E-state index contributed by atoms with van der Waals surface area (Å²) in [4.78, 5) is 0.163. The summed E-state index contributed by atoms with van der Waals surface area (Å²) in [7, 11) is 1.74. The molecule has 2 heteroatoms. The molecule has 0 amide bonds. The molecule has 2 rings (SSSR count). The predicted molar refractivity (Wildman–Crippen MR) is 74.3 cm³/mol. The Morgan fingerprint density at radius 1 is 0.824 bits per heavy atom. The van der Waals surface area contributed by atoms with Gasteiger partial charge in [-0.25, -0.2) is 0 Å². The van der Waals surface area contributed by atoms with Crippen molar-refractivity contribution in [3.05, 3.63) is 71.8 Å². The van der Waals surface area contributed by atoms with Crippen molar-refractivity contribution in [2.75, 3.05) is 7.11 Å². The first kappa shape index (κ1) is 12.3. The van der Waals surface area contributed by atoms with E-state index in [0.717, 1.165) is 0 Å². The fraction of sp³-hybridized carbons (Fsp3) is 0.200. The minimum absolute atomic E-state index is 0.0265. The van der Waals surface area contributed by atoms with E-state index >= 15 is 0 Å². The third kappa shape index (κ3) is 2.96. The van der Waals surface area contributed by atoms with Crippen molar-refractivity contribution in [3.63, 3.8) is 0 Å². The zero-order valence-electron chi connectivity index (χ0n) is 9.71. The van der Waals surface area contributed by atoms with Crippen molar-refractivity contribution in [2.24, 2.45) is 0 Å². The number of alkyl halides is 1. The van der Waals surface area contributed by atoms with Gasteiger partial charge in [0, 0.05) is 7.11 Å². The second kappa shape index (κ2) is 5.99. The van der Waals surface area contributed by atoms with E-state index in [0.29, 0.717) is 0 Å². The molecule has 0 radical (unpaired) electrons. The summed E-state index contributed by atoms with van der Waals surface area (Å²) < 4.78 is 5.61. The van der Waals surface area contributed by atoms with E-state index in [9.17, 15) is 0 Å². The van der Waals surface area contributed by atoms with Gasteiger partial charge in [-0.05, 0) is 11.1 Å². The van der Waals surface area contributed by atoms with E-state index in [-0.39, 0.29) is 10.9 Å². The van der Waals surface area contributed by atoms with E-state index < -0.39 is 0 Å². The van der Waals surface area contributed by atoms with Crippen LogP contribution in [0.1, 0.15) is 22.1 Å². The normalized spacial score (nSPS) is 14.2. The molecule has 2 atom stereocenters. The number of methoxy groups -OCH3 is 1. The van der Waals surface area contributed by atoms with Crippen molar-refractivity contribution >= 4 is 15.9 Å². The van der Waals surface area contributed by atoms with Crippen molar-refractivity contribution in [3.8, 4) is 0 Å². The lowest BCUT2D eigenvalue weighted by atomic mass is 10.0. The fourth-order valence-corrected chi connectivity index (χ4v) is 2.71. The Morgan fingerprint density at radius 2 is 1.29 bits per heavy atom. The van der Waals surface area contributed by atoms with Crippen molar-refractivity contribution < 1.29 is 4.74 Å². The summed E-state index contributed by atoms with van der Waals surface area (Å²) in [5.41, 5.74) is 2.41. The molecule has 88 valence electrons. The first-order chi connectivity index (χ1) is 8.33. The van der Waals surface area contributed by atoms with Gasteiger partial charge in [-0.1, -0.05) is 76.6 Å². The van der Waals surface area contributed by atoms with Crippen LogP contribution in [-0.4, -0.2) is 7.11 Å². The zero-order chi connectivity index (χ0) is 12.1. The van der Waals surface area contributed by atoms with Crippen LogP contribution in [0, 0.1) is 0 Å². The highest BCUT2D eigenvalue weighted by atomic mass is 79.9. The number of hydrogen-bond donors (Lipinski definition) is 0. The monoisotopic (exact) mass is 290 g/mol. The maximum Gasteiger partial charge on any atom is 0.0986 e. The fourth-order valence-electron chi connectivity index (χ4n) is 1.88. The van der Waals surface area contributed by atoms with Gasteiger partial charge in [-0.3, -0.25) is 0 Å². The maximum atomic E-state index is 5.61. The Hall–Kier alpha value is -1.12. The molecule has 0 aliphatic heterocycles. The molecular formula is C15H15BrO. The molecule has 0 aliphatic rings. The van der Waals surface area contributed by atoms with Gasteiger partial charge in [0.15, 0.2) is 0 Å². The van der Waals surface area contributed by atoms with Gasteiger partial charge in [0.25, 0.3) is 0 Å². The average molecular weight is 291 g/mol. The molecule has 0 aromatic heterocycles. The smallest absolute Gasteiger partial charge is 0.0986 e. The van der Waals surface area contributed by atoms with Crippen molar-refractivity contribution in [1.82, 2.24) is 0 Å². The Balaban J connectivity index is 2.25. The first-order valence-electron chi connectivity index (χ1n) is 5.59. The number of benzene rings is 2. The van der Waals surface area contributed by atoms with Gasteiger partial charge in [0.1, 0.15) is 0 Å². The van der Waals surface area contributed by atoms with Gasteiger partial charge < -0.3 is 4.74 Å². The molecule has 17 heavy (non-hydrogen) atoms. The van der Waals surface area contributed by atoms with Gasteiger partial charge in [-0.2, -0.15) is 0 Å². The third-order valence-corrected chi connectivity index (χ3v) is 3.77. The van der Waals surface area contributed by atoms with Gasteiger partial charge in [0.2, 0.25) is 0 Å². The van der Waals surface area contributed by atoms with E-state index in [1.54, 1.807) is 7.11 Å². The molecule has 2 aromatic carbocycles. The summed E-state index contributed by atoms with van der Waals surface area (Å²) >= 11 is 3.72. The van der Waals surface area contributed by atoms with E-state index in [1.165, 1.54) is 11.1 Å². The third-order valence-electron chi connectivity index (χ3n) is 2.77. The lowest BCUT2D eigenvalue weighted by Crippen LogP contribution is -2.08. The van der Waals surface area contributed by atoms with Crippen LogP contribution >= 0.6 is 15.9 Å². The van der Waals surface area contributed by atoms with Crippen LogP contribution in [0.25, 0.3) is 0 Å². The topological polar surface area (TPSA) is 9.23 Å². The SMILES string of the molecule is CO[C@H](c1ccccc1)[C@@H](Br)c1ccccc1. The minimum Gasteiger partial charge on any atom is -0.375 e. The Labute approximate surface area is 111 Å². The Kier molecular flexibility index (Phi) is 4.35. The summed E-state index contributed by atoms with van der Waals surface area (Å²) in [6.07, 6.45) is 0.0265. The van der Waals surface area contributed by atoms with Crippen LogP contribution in [0.5, 0.6) is 0 Å². The van der Waals surface area contributed by atoms with Crippen LogP contribution in [0.4, 0.5) is 0 Å². The predicted octanol–water partition coefficient (Wildman–Crippen LogP) is 4.51. The summed E-state index contributed by atoms with van der Waals surface area (Å²) in [5, 5.41) is 0. The quantitative estimate of drug-likeness (QED) is 0.753. The molecule has 0 fully saturated rings. The Bertz CT molecular complexity index is 441. The Morgan fingerprint density at radius 3 is 1.76 bits per heavy atom. The highest BCUT2D eigenvalue weighted by Crippen LogP contribution is 2.38. The molecule has 2 aromatic rings. The lowest BCUT2D eigenvalue weighted by Gasteiger charge is -2.22. The molecule has 0 aliphatic carbocycles. The molecule has 0 saturated carbocycles. The van der Waals surface area contributed by atoms with Gasteiger partial charge in [-0.15, -0.1) is 0 Å². The summed E-state index contributed by atoms with van der Waals surface area (Å²) in [6, 6.07) is 20.6. The van der Waals surface area contributed by atoms with Crippen LogP contribution < -0.4 is 0 Å². The van der Waals surface area contributed by atoms with E-state index in [4.69, 9.17) is 4.74 Å². The molecule has 0 spiro atoms. The first-order valence-corrected chi connectivity index (χ1v) is 6.51. The second-order valence-corrected chi connectivity index (χ2v) is 4.87. The highest BCUT2D eigenvalue weighted by Gasteiger charge is 2.21. The lowest BCUT2D eigenvalue weighted by molar-refractivity contribution is 0.103. The molecular weight excluding hydrogens is 276 g/mol. The average Bonchev–Trinajstić information content (AvgIpc) is 2.42. The van der Waals surface area contributed by atoms with Gasteiger partial charge in [0.05, 0.1) is 10.9 Å². The van der Waals surface area contributed by atoms with Crippen LogP contribution in [0.2, 0.25) is 0 Å². The maximum absolute atomic E-state index is 5.61. The molecule has 0 unspecified atom stereocenters. The van der Waals surface area contributed by atoms with Crippen LogP contribution in [-0.2, 0) is 4.74 Å². The van der Waals surface area contributed by atoms with Crippen molar-refractivity contribution in [2.45, 2.75) is 10.9 Å². The largest absolute Gasteiger partial charge is 0.375 e. The summed E-state index contributed by atoms with van der Waals surface area (Å²) in [5.74, 6) is 0. The molecule has 0 N–H and O–H groups in total. The van der Waals surface area contributed by atoms with Crippen LogP contribution in [0.3, 0.4) is 0 Å². The molecule has 0 saturated heterocycles. The molecule has 0 heterocycles. The highest BCUT2D eigenvalue weighted by molar-refractivity contribution is 9.09. The standard InChI is InChI=1S/C15H15BrO/c1-17-15(13-10-6-3-7-11-13)14(16)12-8-4-2-5-9-12/h2-11,14-15H,1H3/t14-,15+/m0/s1. The number of hydrogen-bond acceptors (Lipinski definition) is 1. The van der Waals surface area contributed by atoms with E-state index in [2.05, 4.69) is 40.2 Å². The van der Waals surface area contributed by atoms with Crippen molar-refractivity contribution in [1.29, 1.82) is 0 Å². The molecule has 1 nitrogen and oxygen atoms in total. The van der Waals surface area contributed by atoms with Gasteiger partial charge >= 0.3 is 0 Å².